The molecule has 16 heavy (non-hydrogen) atoms. The zero-order valence-corrected chi connectivity index (χ0v) is 9.92. The Labute approximate surface area is 95.4 Å². The number of anilines is 1. The maximum Gasteiger partial charge on any atom is 0.167 e. The molecule has 1 aromatic carbocycles. The van der Waals surface area contributed by atoms with Gasteiger partial charge in [-0.15, -0.1) is 0 Å². The van der Waals surface area contributed by atoms with Crippen LogP contribution in [0.5, 0.6) is 11.5 Å². The van der Waals surface area contributed by atoms with Crippen molar-refractivity contribution in [3.05, 3.63) is 17.9 Å². The van der Waals surface area contributed by atoms with Crippen molar-refractivity contribution in [1.82, 2.24) is 0 Å². The molecule has 0 saturated carbocycles. The molecule has 2 N–H and O–H groups in total. The van der Waals surface area contributed by atoms with E-state index in [1.54, 1.807) is 0 Å². The molecule has 0 aromatic heterocycles. The zero-order valence-electron chi connectivity index (χ0n) is 9.92. The Kier molecular flexibility index (Phi) is 4.40. The lowest BCUT2D eigenvalue weighted by molar-refractivity contribution is 0.200. The molecule has 1 aromatic rings. The van der Waals surface area contributed by atoms with Gasteiger partial charge in [-0.2, -0.15) is 0 Å². The molecule has 1 atom stereocenters. The molecule has 0 bridgehead atoms. The van der Waals surface area contributed by atoms with E-state index < -0.39 is 5.82 Å². The van der Waals surface area contributed by atoms with Gasteiger partial charge in [-0.3, -0.25) is 0 Å². The van der Waals surface area contributed by atoms with Gasteiger partial charge in [0.1, 0.15) is 5.75 Å². The first kappa shape index (κ1) is 12.6. The minimum Gasteiger partial charge on any atom is -0.494 e. The van der Waals surface area contributed by atoms with Gasteiger partial charge < -0.3 is 15.2 Å². The van der Waals surface area contributed by atoms with Crippen LogP contribution in [0.2, 0.25) is 0 Å². The predicted octanol–water partition coefficient (Wildman–Crippen LogP) is 2.98. The van der Waals surface area contributed by atoms with E-state index in [9.17, 15) is 4.39 Å². The molecule has 1 unspecified atom stereocenters. The van der Waals surface area contributed by atoms with Gasteiger partial charge >= 0.3 is 0 Å². The number of ether oxygens (including phenoxy) is 2. The molecule has 1 rings (SSSR count). The predicted molar refractivity (Wildman–Crippen MR) is 62.4 cm³/mol. The van der Waals surface area contributed by atoms with Crippen molar-refractivity contribution < 1.29 is 13.9 Å². The summed E-state index contributed by atoms with van der Waals surface area (Å²) in [7, 11) is 1.49. The van der Waals surface area contributed by atoms with Crippen molar-refractivity contribution >= 4 is 5.69 Å². The molecule has 0 fully saturated rings. The number of nitrogens with two attached hydrogens (primary N) is 1. The van der Waals surface area contributed by atoms with E-state index in [0.717, 1.165) is 12.8 Å². The van der Waals surface area contributed by atoms with Crippen molar-refractivity contribution in [2.45, 2.75) is 32.8 Å². The summed E-state index contributed by atoms with van der Waals surface area (Å²) in [6.07, 6.45) is 1.86. The molecule has 3 nitrogen and oxygen atoms in total. The molecule has 0 spiro atoms. The molecule has 0 aliphatic rings. The molecule has 0 heterocycles. The zero-order chi connectivity index (χ0) is 12.1. The first-order valence-corrected chi connectivity index (χ1v) is 5.38. The number of hydrogen-bond acceptors (Lipinski definition) is 3. The Morgan fingerprint density at radius 1 is 1.38 bits per heavy atom. The first-order chi connectivity index (χ1) is 7.58. The molecule has 4 heteroatoms. The summed E-state index contributed by atoms with van der Waals surface area (Å²) in [5.41, 5.74) is 5.84. The second-order valence-corrected chi connectivity index (χ2v) is 3.74. The highest BCUT2D eigenvalue weighted by Crippen LogP contribution is 2.30. The van der Waals surface area contributed by atoms with Crippen LogP contribution in [0.15, 0.2) is 12.1 Å². The molecule has 0 saturated heterocycles. The largest absolute Gasteiger partial charge is 0.494 e. The van der Waals surface area contributed by atoms with Crippen LogP contribution in [-0.4, -0.2) is 13.2 Å². The normalized spacial score (nSPS) is 12.2. The topological polar surface area (TPSA) is 44.5 Å². The third-order valence-electron chi connectivity index (χ3n) is 2.31. The van der Waals surface area contributed by atoms with Crippen molar-refractivity contribution in [3.63, 3.8) is 0 Å². The van der Waals surface area contributed by atoms with Gasteiger partial charge in [-0.05, 0) is 13.3 Å². The summed E-state index contributed by atoms with van der Waals surface area (Å²) in [5.74, 6) is 0.161. The van der Waals surface area contributed by atoms with Gasteiger partial charge in [-0.25, -0.2) is 4.39 Å². The van der Waals surface area contributed by atoms with Crippen molar-refractivity contribution in [2.24, 2.45) is 0 Å². The van der Waals surface area contributed by atoms with Crippen LogP contribution in [0.25, 0.3) is 0 Å². The van der Waals surface area contributed by atoms with Gasteiger partial charge in [0.25, 0.3) is 0 Å². The maximum absolute atomic E-state index is 13.5. The fourth-order valence-electron chi connectivity index (χ4n) is 1.50. The lowest BCUT2D eigenvalue weighted by atomic mass is 10.2. The third kappa shape index (κ3) is 3.02. The van der Waals surface area contributed by atoms with E-state index in [-0.39, 0.29) is 17.5 Å². The second-order valence-electron chi connectivity index (χ2n) is 3.74. The van der Waals surface area contributed by atoms with Gasteiger partial charge in [0.15, 0.2) is 11.6 Å². The Hall–Kier alpha value is -1.45. The molecule has 0 radical (unpaired) electrons. The van der Waals surface area contributed by atoms with E-state index in [4.69, 9.17) is 15.2 Å². The number of benzene rings is 1. The summed E-state index contributed by atoms with van der Waals surface area (Å²) in [6, 6.07) is 2.70. The van der Waals surface area contributed by atoms with E-state index in [0.29, 0.717) is 5.75 Å². The van der Waals surface area contributed by atoms with Gasteiger partial charge in [0.05, 0.1) is 18.9 Å². The number of nitrogen functional groups attached to an aromatic ring is 1. The number of methoxy groups -OCH3 is 1. The average molecular weight is 227 g/mol. The molecule has 0 aliphatic carbocycles. The van der Waals surface area contributed by atoms with Gasteiger partial charge in [-0.1, -0.05) is 13.3 Å². The molecular weight excluding hydrogens is 209 g/mol. The minimum absolute atomic E-state index is 0.0205. The molecule has 90 valence electrons. The monoisotopic (exact) mass is 227 g/mol. The molecular formula is C12H18FNO2. The van der Waals surface area contributed by atoms with E-state index >= 15 is 0 Å². The Balaban J connectivity index is 2.87. The Morgan fingerprint density at radius 2 is 2.06 bits per heavy atom. The van der Waals surface area contributed by atoms with Crippen molar-refractivity contribution in [3.8, 4) is 11.5 Å². The van der Waals surface area contributed by atoms with E-state index in [2.05, 4.69) is 6.92 Å². The number of hydrogen-bond donors (Lipinski definition) is 1. The van der Waals surface area contributed by atoms with Crippen LogP contribution in [0, 0.1) is 5.82 Å². The number of halogens is 1. The van der Waals surface area contributed by atoms with Crippen molar-refractivity contribution in [1.29, 1.82) is 0 Å². The smallest absolute Gasteiger partial charge is 0.167 e. The van der Waals surface area contributed by atoms with Crippen LogP contribution < -0.4 is 15.2 Å². The summed E-state index contributed by atoms with van der Waals surface area (Å²) < 4.78 is 24.0. The summed E-state index contributed by atoms with van der Waals surface area (Å²) in [6.45, 7) is 3.96. The Bertz CT molecular complexity index is 355. The quantitative estimate of drug-likeness (QED) is 0.786. The van der Waals surface area contributed by atoms with Crippen LogP contribution in [0.3, 0.4) is 0 Å². The highest BCUT2D eigenvalue weighted by molar-refractivity contribution is 5.56. The van der Waals surface area contributed by atoms with Gasteiger partial charge in [0.2, 0.25) is 0 Å². The number of rotatable bonds is 5. The fourth-order valence-corrected chi connectivity index (χ4v) is 1.50. The van der Waals surface area contributed by atoms with E-state index in [1.165, 1.54) is 19.2 Å². The Morgan fingerprint density at radius 3 is 2.62 bits per heavy atom. The summed E-state index contributed by atoms with van der Waals surface area (Å²) in [5, 5.41) is 0. The average Bonchev–Trinajstić information content (AvgIpc) is 2.22. The fraction of sp³-hybridized carbons (Fsp3) is 0.500. The second kappa shape index (κ2) is 5.58. The first-order valence-electron chi connectivity index (χ1n) is 5.38. The van der Waals surface area contributed by atoms with Crippen LogP contribution in [0.1, 0.15) is 26.7 Å². The van der Waals surface area contributed by atoms with Crippen LogP contribution in [-0.2, 0) is 0 Å². The standard InChI is InChI=1S/C12H18FNO2/c1-4-5-8(2)16-11-7-12(15-3)10(14)6-9(11)13/h6-8H,4-5,14H2,1-3H3. The van der Waals surface area contributed by atoms with Crippen LogP contribution in [0.4, 0.5) is 10.1 Å². The molecule has 0 aliphatic heterocycles. The lowest BCUT2D eigenvalue weighted by Gasteiger charge is -2.15. The highest BCUT2D eigenvalue weighted by Gasteiger charge is 2.12. The maximum atomic E-state index is 13.5. The van der Waals surface area contributed by atoms with Crippen molar-refractivity contribution in [2.75, 3.05) is 12.8 Å². The molecule has 0 amide bonds. The van der Waals surface area contributed by atoms with Gasteiger partial charge in [0, 0.05) is 12.1 Å². The SMILES string of the molecule is CCCC(C)Oc1cc(OC)c(N)cc1F. The summed E-state index contributed by atoms with van der Waals surface area (Å²) in [4.78, 5) is 0. The lowest BCUT2D eigenvalue weighted by Crippen LogP contribution is -2.12. The van der Waals surface area contributed by atoms with Crippen LogP contribution >= 0.6 is 0 Å². The summed E-state index contributed by atoms with van der Waals surface area (Å²) >= 11 is 0. The minimum atomic E-state index is -0.457. The van der Waals surface area contributed by atoms with E-state index in [1.807, 2.05) is 6.92 Å². The third-order valence-corrected chi connectivity index (χ3v) is 2.31. The highest BCUT2D eigenvalue weighted by atomic mass is 19.1.